The summed E-state index contributed by atoms with van der Waals surface area (Å²) in [5, 5.41) is 0. The van der Waals surface area contributed by atoms with Crippen molar-refractivity contribution in [3.8, 4) is 0 Å². The minimum absolute atomic E-state index is 0.0358. The van der Waals surface area contributed by atoms with E-state index in [-0.39, 0.29) is 11.6 Å². The van der Waals surface area contributed by atoms with Gasteiger partial charge in [-0.1, -0.05) is 20.8 Å². The van der Waals surface area contributed by atoms with Gasteiger partial charge in [0.05, 0.1) is 0 Å². The van der Waals surface area contributed by atoms with Crippen LogP contribution in [0, 0.1) is 0 Å². The lowest BCUT2D eigenvalue weighted by Gasteiger charge is -1.99. The van der Waals surface area contributed by atoms with Gasteiger partial charge in [-0.2, -0.15) is 0 Å². The summed E-state index contributed by atoms with van der Waals surface area (Å²) in [5.41, 5.74) is 0.657. The molecule has 0 aromatic rings. The minimum atomic E-state index is 0.0358. The highest BCUT2D eigenvalue weighted by atomic mass is 16.1. The molecule has 0 N–H and O–H groups in total. The Hall–Kier alpha value is -0.920. The lowest BCUT2D eigenvalue weighted by molar-refractivity contribution is -0.117. The molecule has 2 nitrogen and oxygen atoms in total. The maximum absolute atomic E-state index is 11.2. The molecule has 0 aromatic carbocycles. The topological polar surface area (TPSA) is 34.1 Å². The Balaban J connectivity index is 4.43. The normalized spacial score (nSPS) is 11.4. The Morgan fingerprint density at radius 3 is 1.92 bits per heavy atom. The number of hydrogen-bond donors (Lipinski definition) is 0. The molecule has 0 rings (SSSR count). The molecular weight excluding hydrogens is 152 g/mol. The van der Waals surface area contributed by atoms with E-state index < -0.39 is 0 Å². The summed E-state index contributed by atoms with van der Waals surface area (Å²) in [7, 11) is 0. The van der Waals surface area contributed by atoms with Crippen LogP contribution in [0.5, 0.6) is 0 Å². The summed E-state index contributed by atoms with van der Waals surface area (Å²) in [6, 6.07) is 0. The van der Waals surface area contributed by atoms with Crippen molar-refractivity contribution in [3.05, 3.63) is 11.6 Å². The number of ketones is 2. The van der Waals surface area contributed by atoms with Gasteiger partial charge in [-0.05, 0) is 18.1 Å². The molecule has 0 radical (unpaired) electrons. The van der Waals surface area contributed by atoms with Gasteiger partial charge in [0.15, 0.2) is 11.6 Å². The number of Topliss-reactive ketones (excluding diaryl/α,β-unsaturated/α-hetero) is 1. The summed E-state index contributed by atoms with van der Waals surface area (Å²) in [6.07, 6.45) is 3.08. The van der Waals surface area contributed by atoms with E-state index in [2.05, 4.69) is 0 Å². The molecule has 0 aliphatic rings. The highest BCUT2D eigenvalue weighted by molar-refractivity contribution is 6.02. The van der Waals surface area contributed by atoms with Crippen molar-refractivity contribution in [1.82, 2.24) is 0 Å². The van der Waals surface area contributed by atoms with Gasteiger partial charge in [0.2, 0.25) is 0 Å². The van der Waals surface area contributed by atoms with E-state index in [0.29, 0.717) is 24.8 Å². The van der Waals surface area contributed by atoms with E-state index in [1.165, 1.54) is 6.08 Å². The SMILES string of the molecule is CCC(=O)C=C(CC)C(=O)CC. The lowest BCUT2D eigenvalue weighted by atomic mass is 10.0. The Morgan fingerprint density at radius 1 is 1.00 bits per heavy atom. The van der Waals surface area contributed by atoms with Gasteiger partial charge in [-0.15, -0.1) is 0 Å². The van der Waals surface area contributed by atoms with Crippen LogP contribution in [0.4, 0.5) is 0 Å². The van der Waals surface area contributed by atoms with Crippen LogP contribution in [0.25, 0.3) is 0 Å². The monoisotopic (exact) mass is 168 g/mol. The van der Waals surface area contributed by atoms with Gasteiger partial charge >= 0.3 is 0 Å². The first kappa shape index (κ1) is 11.1. The molecule has 0 spiro atoms. The van der Waals surface area contributed by atoms with Crippen molar-refractivity contribution in [2.75, 3.05) is 0 Å². The van der Waals surface area contributed by atoms with Crippen LogP contribution in [0.3, 0.4) is 0 Å². The van der Waals surface area contributed by atoms with Gasteiger partial charge in [-0.3, -0.25) is 9.59 Å². The average molecular weight is 168 g/mol. The van der Waals surface area contributed by atoms with Gasteiger partial charge in [-0.25, -0.2) is 0 Å². The molecule has 0 atom stereocenters. The largest absolute Gasteiger partial charge is 0.295 e. The van der Waals surface area contributed by atoms with E-state index >= 15 is 0 Å². The Morgan fingerprint density at radius 2 is 1.58 bits per heavy atom. The predicted octanol–water partition coefficient (Wildman–Crippen LogP) is 2.28. The first-order valence-electron chi connectivity index (χ1n) is 4.42. The smallest absolute Gasteiger partial charge is 0.158 e. The Labute approximate surface area is 73.7 Å². The van der Waals surface area contributed by atoms with E-state index in [4.69, 9.17) is 0 Å². The van der Waals surface area contributed by atoms with Gasteiger partial charge in [0.25, 0.3) is 0 Å². The first-order valence-corrected chi connectivity index (χ1v) is 4.42. The van der Waals surface area contributed by atoms with Crippen molar-refractivity contribution in [2.45, 2.75) is 40.0 Å². The van der Waals surface area contributed by atoms with Crippen LogP contribution in [-0.2, 0) is 9.59 Å². The predicted molar refractivity (Wildman–Crippen MR) is 49.0 cm³/mol. The number of carbonyl (C=O) groups excluding carboxylic acids is 2. The van der Waals surface area contributed by atoms with E-state index in [9.17, 15) is 9.59 Å². The molecule has 0 saturated heterocycles. The molecule has 2 heteroatoms. The average Bonchev–Trinajstić information content (AvgIpc) is 2.12. The molecule has 0 unspecified atom stereocenters. The molecule has 0 amide bonds. The van der Waals surface area contributed by atoms with Crippen LogP contribution < -0.4 is 0 Å². The molecule has 0 aromatic heterocycles. The molecule has 12 heavy (non-hydrogen) atoms. The molecule has 0 fully saturated rings. The van der Waals surface area contributed by atoms with Crippen molar-refractivity contribution >= 4 is 11.6 Å². The zero-order chi connectivity index (χ0) is 9.56. The van der Waals surface area contributed by atoms with E-state index in [1.54, 1.807) is 6.92 Å². The molecule has 0 aliphatic heterocycles. The van der Waals surface area contributed by atoms with Crippen LogP contribution in [-0.4, -0.2) is 11.6 Å². The summed E-state index contributed by atoms with van der Waals surface area (Å²) >= 11 is 0. The molecule has 0 aliphatic carbocycles. The molecule has 0 bridgehead atoms. The fourth-order valence-electron chi connectivity index (χ4n) is 0.903. The molecule has 0 saturated carbocycles. The van der Waals surface area contributed by atoms with Crippen molar-refractivity contribution < 1.29 is 9.59 Å². The minimum Gasteiger partial charge on any atom is -0.295 e. The second-order valence-corrected chi connectivity index (χ2v) is 2.62. The number of rotatable bonds is 5. The summed E-state index contributed by atoms with van der Waals surface area (Å²) in [6.45, 7) is 5.49. The Bertz CT molecular complexity index is 202. The fraction of sp³-hybridized carbons (Fsp3) is 0.600. The highest BCUT2D eigenvalue weighted by Crippen LogP contribution is 2.05. The summed E-state index contributed by atoms with van der Waals surface area (Å²) in [5.74, 6) is 0.118. The highest BCUT2D eigenvalue weighted by Gasteiger charge is 2.05. The second-order valence-electron chi connectivity index (χ2n) is 2.62. The van der Waals surface area contributed by atoms with Gasteiger partial charge < -0.3 is 0 Å². The zero-order valence-electron chi connectivity index (χ0n) is 8.02. The quantitative estimate of drug-likeness (QED) is 0.590. The third-order valence-electron chi connectivity index (χ3n) is 1.74. The van der Waals surface area contributed by atoms with Crippen molar-refractivity contribution in [3.63, 3.8) is 0 Å². The number of allylic oxidation sites excluding steroid dienone is 2. The third kappa shape index (κ3) is 3.46. The molecule has 0 heterocycles. The Kier molecular flexibility index (Phi) is 5.26. The lowest BCUT2D eigenvalue weighted by Crippen LogP contribution is -2.02. The van der Waals surface area contributed by atoms with Gasteiger partial charge in [0, 0.05) is 12.8 Å². The maximum atomic E-state index is 11.2. The first-order chi connectivity index (χ1) is 5.65. The van der Waals surface area contributed by atoms with Crippen LogP contribution in [0.2, 0.25) is 0 Å². The molecular formula is C10H16O2. The van der Waals surface area contributed by atoms with E-state index in [1.807, 2.05) is 13.8 Å². The summed E-state index contributed by atoms with van der Waals surface area (Å²) in [4.78, 5) is 22.1. The number of hydrogen-bond acceptors (Lipinski definition) is 2. The summed E-state index contributed by atoms with van der Waals surface area (Å²) < 4.78 is 0. The van der Waals surface area contributed by atoms with Crippen LogP contribution in [0.1, 0.15) is 40.0 Å². The van der Waals surface area contributed by atoms with Gasteiger partial charge in [0.1, 0.15) is 0 Å². The van der Waals surface area contributed by atoms with Crippen LogP contribution >= 0.6 is 0 Å². The molecule has 68 valence electrons. The second kappa shape index (κ2) is 5.70. The van der Waals surface area contributed by atoms with Crippen molar-refractivity contribution in [2.24, 2.45) is 0 Å². The standard InChI is InChI=1S/C10H16O2/c1-4-8(10(12)6-3)7-9(11)5-2/h7H,4-6H2,1-3H3. The maximum Gasteiger partial charge on any atom is 0.158 e. The zero-order valence-corrected chi connectivity index (χ0v) is 8.02. The third-order valence-corrected chi connectivity index (χ3v) is 1.74. The van der Waals surface area contributed by atoms with Crippen LogP contribution in [0.15, 0.2) is 11.6 Å². The fourth-order valence-corrected chi connectivity index (χ4v) is 0.903. The number of carbonyl (C=O) groups is 2. The van der Waals surface area contributed by atoms with E-state index in [0.717, 1.165) is 0 Å². The van der Waals surface area contributed by atoms with Crippen molar-refractivity contribution in [1.29, 1.82) is 0 Å².